The molecule has 1 aliphatic heterocycles. The fourth-order valence-corrected chi connectivity index (χ4v) is 2.59. The maximum Gasteiger partial charge on any atom is 0.221 e. The Bertz CT molecular complexity index is 259. The monoisotopic (exact) mass is 256 g/mol. The van der Waals surface area contributed by atoms with Crippen molar-refractivity contribution >= 4 is 5.91 Å². The van der Waals surface area contributed by atoms with E-state index in [1.807, 2.05) is 6.92 Å². The smallest absolute Gasteiger partial charge is 0.221 e. The van der Waals surface area contributed by atoms with E-state index in [-0.39, 0.29) is 11.9 Å². The lowest BCUT2D eigenvalue weighted by molar-refractivity contribution is -0.122. The van der Waals surface area contributed by atoms with Gasteiger partial charge in [-0.25, -0.2) is 0 Å². The highest BCUT2D eigenvalue weighted by Gasteiger charge is 2.25. The van der Waals surface area contributed by atoms with Crippen molar-refractivity contribution in [3.8, 4) is 0 Å². The molecule has 0 spiro atoms. The van der Waals surface area contributed by atoms with E-state index in [1.165, 1.54) is 19.4 Å². The number of hydrogen-bond donors (Lipinski definition) is 2. The van der Waals surface area contributed by atoms with Crippen LogP contribution in [0.5, 0.6) is 0 Å². The summed E-state index contributed by atoms with van der Waals surface area (Å²) in [6.07, 6.45) is 3.02. The lowest BCUT2D eigenvalue weighted by atomic mass is 10.1. The molecule has 0 aromatic heterocycles. The molecule has 18 heavy (non-hydrogen) atoms. The highest BCUT2D eigenvalue weighted by Crippen LogP contribution is 2.16. The third-order valence-electron chi connectivity index (χ3n) is 3.86. The van der Waals surface area contributed by atoms with Gasteiger partial charge >= 0.3 is 0 Å². The largest absolute Gasteiger partial charge is 0.356 e. The van der Waals surface area contributed by atoms with E-state index in [0.29, 0.717) is 25.6 Å². The van der Waals surface area contributed by atoms with Crippen molar-refractivity contribution in [2.75, 3.05) is 40.3 Å². The fourth-order valence-electron chi connectivity index (χ4n) is 2.59. The van der Waals surface area contributed by atoms with Crippen LogP contribution < -0.4 is 11.1 Å². The second-order valence-electron chi connectivity index (χ2n) is 5.26. The lowest BCUT2D eigenvalue weighted by Gasteiger charge is -2.31. The molecular weight excluding hydrogens is 228 g/mol. The van der Waals surface area contributed by atoms with Gasteiger partial charge in [0.15, 0.2) is 0 Å². The van der Waals surface area contributed by atoms with Gasteiger partial charge in [-0.3, -0.25) is 4.79 Å². The van der Waals surface area contributed by atoms with Crippen LogP contribution in [0.4, 0.5) is 0 Å². The molecule has 0 radical (unpaired) electrons. The van der Waals surface area contributed by atoms with E-state index in [1.54, 1.807) is 0 Å². The lowest BCUT2D eigenvalue weighted by Crippen LogP contribution is -2.46. The van der Waals surface area contributed by atoms with Crippen LogP contribution in [-0.2, 0) is 4.79 Å². The maximum atomic E-state index is 11.6. The molecule has 5 nitrogen and oxygen atoms in total. The van der Waals surface area contributed by atoms with Crippen molar-refractivity contribution in [3.05, 3.63) is 0 Å². The first-order valence-electron chi connectivity index (χ1n) is 6.95. The number of amides is 1. The first kappa shape index (κ1) is 15.4. The molecule has 1 amide bonds. The molecule has 1 heterocycles. The fraction of sp³-hybridized carbons (Fsp3) is 0.923. The molecule has 106 valence electrons. The third kappa shape index (κ3) is 4.55. The number of nitrogens with two attached hydrogens (primary N) is 1. The van der Waals surface area contributed by atoms with E-state index in [9.17, 15) is 4.79 Å². The predicted octanol–water partition coefficient (Wildman–Crippen LogP) is -0.134. The Balaban J connectivity index is 2.40. The average Bonchev–Trinajstić information content (AvgIpc) is 2.72. The quantitative estimate of drug-likeness (QED) is 0.666. The Hall–Kier alpha value is -0.650. The summed E-state index contributed by atoms with van der Waals surface area (Å²) in [4.78, 5) is 16.3. The normalized spacial score (nSPS) is 22.4. The Morgan fingerprint density at radius 2 is 2.33 bits per heavy atom. The zero-order valence-corrected chi connectivity index (χ0v) is 12.0. The molecule has 0 aromatic carbocycles. The van der Waals surface area contributed by atoms with Crippen LogP contribution in [0, 0.1) is 0 Å². The van der Waals surface area contributed by atoms with E-state index in [0.717, 1.165) is 6.54 Å². The highest BCUT2D eigenvalue weighted by atomic mass is 16.1. The van der Waals surface area contributed by atoms with Crippen LogP contribution in [0.2, 0.25) is 0 Å². The first-order valence-corrected chi connectivity index (χ1v) is 6.95. The minimum Gasteiger partial charge on any atom is -0.356 e. The van der Waals surface area contributed by atoms with Gasteiger partial charge in [0, 0.05) is 38.1 Å². The number of carbonyl (C=O) groups is 1. The third-order valence-corrected chi connectivity index (χ3v) is 3.86. The van der Waals surface area contributed by atoms with Crippen molar-refractivity contribution in [2.45, 2.75) is 38.3 Å². The maximum absolute atomic E-state index is 11.6. The molecule has 2 unspecified atom stereocenters. The molecule has 1 aliphatic rings. The molecule has 5 heteroatoms. The van der Waals surface area contributed by atoms with Gasteiger partial charge in [-0.2, -0.15) is 0 Å². The molecule has 0 saturated carbocycles. The molecule has 0 aliphatic carbocycles. The summed E-state index contributed by atoms with van der Waals surface area (Å²) < 4.78 is 0. The Morgan fingerprint density at radius 1 is 1.61 bits per heavy atom. The summed E-state index contributed by atoms with van der Waals surface area (Å²) in [5.41, 5.74) is 5.79. The summed E-state index contributed by atoms with van der Waals surface area (Å²) >= 11 is 0. The summed E-state index contributed by atoms with van der Waals surface area (Å²) in [6, 6.07) is 0.754. The molecule has 0 aromatic rings. The topological polar surface area (TPSA) is 61.6 Å². The molecule has 1 fully saturated rings. The van der Waals surface area contributed by atoms with Crippen LogP contribution in [0.3, 0.4) is 0 Å². The number of likely N-dealkylation sites (N-methyl/N-ethyl adjacent to an activating group) is 2. The number of likely N-dealkylation sites (tertiary alicyclic amines) is 1. The minimum absolute atomic E-state index is 0.0968. The Morgan fingerprint density at radius 3 is 2.83 bits per heavy atom. The van der Waals surface area contributed by atoms with Crippen LogP contribution in [0.25, 0.3) is 0 Å². The van der Waals surface area contributed by atoms with Crippen LogP contribution in [0.1, 0.15) is 26.2 Å². The molecular formula is C13H28N4O. The van der Waals surface area contributed by atoms with Gasteiger partial charge in [-0.15, -0.1) is 0 Å². The SMILES string of the molecule is CCNC(=O)CC(CN)N(C)CC1CCCN1C. The van der Waals surface area contributed by atoms with Crippen molar-refractivity contribution < 1.29 is 4.79 Å². The van der Waals surface area contributed by atoms with Crippen molar-refractivity contribution in [2.24, 2.45) is 5.73 Å². The van der Waals surface area contributed by atoms with Crippen LogP contribution >= 0.6 is 0 Å². The zero-order chi connectivity index (χ0) is 13.5. The van der Waals surface area contributed by atoms with E-state index >= 15 is 0 Å². The predicted molar refractivity (Wildman–Crippen MR) is 74.4 cm³/mol. The average molecular weight is 256 g/mol. The van der Waals surface area contributed by atoms with E-state index in [2.05, 4.69) is 29.2 Å². The number of rotatable bonds is 7. The van der Waals surface area contributed by atoms with E-state index in [4.69, 9.17) is 5.73 Å². The summed E-state index contributed by atoms with van der Waals surface area (Å²) in [5.74, 6) is 0.0968. The van der Waals surface area contributed by atoms with Crippen molar-refractivity contribution in [1.29, 1.82) is 0 Å². The minimum atomic E-state index is 0.0968. The van der Waals surface area contributed by atoms with Gasteiger partial charge in [0.1, 0.15) is 0 Å². The first-order chi connectivity index (χ1) is 8.58. The molecule has 2 atom stereocenters. The number of nitrogens with one attached hydrogen (secondary N) is 1. The molecule has 3 N–H and O–H groups in total. The van der Waals surface area contributed by atoms with Crippen LogP contribution in [-0.4, -0.2) is 68.1 Å². The summed E-state index contributed by atoms with van der Waals surface area (Å²) in [5, 5.41) is 2.84. The second-order valence-corrected chi connectivity index (χ2v) is 5.26. The number of nitrogens with zero attached hydrogens (tertiary/aromatic N) is 2. The zero-order valence-electron chi connectivity index (χ0n) is 12.0. The van der Waals surface area contributed by atoms with Crippen molar-refractivity contribution in [3.63, 3.8) is 0 Å². The van der Waals surface area contributed by atoms with Gasteiger partial charge < -0.3 is 20.9 Å². The summed E-state index contributed by atoms with van der Waals surface area (Å²) in [6.45, 7) is 5.34. The molecule has 1 rings (SSSR count). The van der Waals surface area contributed by atoms with Gasteiger partial charge in [0.2, 0.25) is 5.91 Å². The Labute approximate surface area is 111 Å². The standard InChI is InChI=1S/C13H28N4O/c1-4-15-13(18)8-12(9-14)17(3)10-11-6-5-7-16(11)2/h11-12H,4-10,14H2,1-3H3,(H,15,18). The number of hydrogen-bond acceptors (Lipinski definition) is 4. The molecule has 1 saturated heterocycles. The second kappa shape index (κ2) is 7.71. The summed E-state index contributed by atoms with van der Waals surface area (Å²) in [7, 11) is 4.25. The highest BCUT2D eigenvalue weighted by molar-refractivity contribution is 5.76. The van der Waals surface area contributed by atoms with Gasteiger partial charge in [0.25, 0.3) is 0 Å². The molecule has 0 bridgehead atoms. The van der Waals surface area contributed by atoms with Gasteiger partial charge in [0.05, 0.1) is 0 Å². The Kier molecular flexibility index (Phi) is 6.60. The van der Waals surface area contributed by atoms with Gasteiger partial charge in [-0.1, -0.05) is 0 Å². The van der Waals surface area contributed by atoms with Crippen LogP contribution in [0.15, 0.2) is 0 Å². The van der Waals surface area contributed by atoms with Crippen molar-refractivity contribution in [1.82, 2.24) is 15.1 Å². The number of carbonyl (C=O) groups excluding carboxylic acids is 1. The van der Waals surface area contributed by atoms with E-state index < -0.39 is 0 Å². The van der Waals surface area contributed by atoms with Gasteiger partial charge in [-0.05, 0) is 40.4 Å².